The third-order valence-corrected chi connectivity index (χ3v) is 4.71. The number of benzene rings is 1. The van der Waals surface area contributed by atoms with E-state index in [0.29, 0.717) is 25.3 Å². The van der Waals surface area contributed by atoms with Crippen molar-refractivity contribution in [3.8, 4) is 0 Å². The number of carbonyl (C=O) groups is 2. The summed E-state index contributed by atoms with van der Waals surface area (Å²) in [5.74, 6) is 0.710. The molecule has 1 heterocycles. The fraction of sp³-hybridized carbons (Fsp3) is 0.500. The highest BCUT2D eigenvalue weighted by atomic mass is 32.2. The molecule has 120 valence electrons. The van der Waals surface area contributed by atoms with Crippen LogP contribution in [0.2, 0.25) is 0 Å². The molecule has 1 aromatic carbocycles. The summed E-state index contributed by atoms with van der Waals surface area (Å²) < 4.78 is 5.10. The second-order valence-electron chi connectivity index (χ2n) is 5.34. The molecule has 0 saturated carbocycles. The number of carbonyl (C=O) groups excluding carboxylic acids is 1. The zero-order valence-corrected chi connectivity index (χ0v) is 13.5. The van der Waals surface area contributed by atoms with Gasteiger partial charge in [0.05, 0.1) is 25.5 Å². The predicted octanol–water partition coefficient (Wildman–Crippen LogP) is 1.79. The van der Waals surface area contributed by atoms with Crippen LogP contribution in [0, 0.1) is 0 Å². The van der Waals surface area contributed by atoms with Crippen LogP contribution in [0.1, 0.15) is 17.5 Å². The number of amides is 1. The summed E-state index contributed by atoms with van der Waals surface area (Å²) in [7, 11) is 1.64. The Morgan fingerprint density at radius 2 is 2.18 bits per heavy atom. The Hall–Kier alpha value is -1.53. The Bertz CT molecular complexity index is 535. The molecular weight excluding hydrogens is 302 g/mol. The average molecular weight is 323 g/mol. The fourth-order valence-electron chi connectivity index (χ4n) is 2.63. The maximum atomic E-state index is 12.5. The van der Waals surface area contributed by atoms with Gasteiger partial charge in [0.15, 0.2) is 0 Å². The van der Waals surface area contributed by atoms with E-state index in [2.05, 4.69) is 0 Å². The van der Waals surface area contributed by atoms with Gasteiger partial charge in [-0.15, -0.1) is 0 Å². The standard InChI is InChI=1S/C16H21NO4S/c1-21-10-13-4-2-3-12(7-13)8-15(18)17-5-6-22-11-14(17)9-16(19)20/h2-4,7,14H,5-6,8-11H2,1H3,(H,19,20). The highest BCUT2D eigenvalue weighted by molar-refractivity contribution is 7.99. The van der Waals surface area contributed by atoms with E-state index in [1.54, 1.807) is 23.8 Å². The highest BCUT2D eigenvalue weighted by Crippen LogP contribution is 2.20. The molecule has 6 heteroatoms. The minimum absolute atomic E-state index is 0.00103. The van der Waals surface area contributed by atoms with E-state index in [1.807, 2.05) is 24.3 Å². The number of carboxylic acids is 1. The first kappa shape index (κ1) is 16.8. The lowest BCUT2D eigenvalue weighted by Gasteiger charge is -2.34. The Morgan fingerprint density at radius 1 is 1.41 bits per heavy atom. The van der Waals surface area contributed by atoms with E-state index in [4.69, 9.17) is 9.84 Å². The maximum Gasteiger partial charge on any atom is 0.305 e. The van der Waals surface area contributed by atoms with Gasteiger partial charge in [0, 0.05) is 25.2 Å². The number of methoxy groups -OCH3 is 1. The first-order valence-corrected chi connectivity index (χ1v) is 8.41. The Labute approximate surface area is 134 Å². The summed E-state index contributed by atoms with van der Waals surface area (Å²) in [6.07, 6.45) is 0.320. The molecule has 1 N–H and O–H groups in total. The lowest BCUT2D eigenvalue weighted by Crippen LogP contribution is -2.47. The molecule has 0 spiro atoms. The van der Waals surface area contributed by atoms with Crippen molar-refractivity contribution < 1.29 is 19.4 Å². The van der Waals surface area contributed by atoms with Crippen molar-refractivity contribution in [3.63, 3.8) is 0 Å². The van der Waals surface area contributed by atoms with Gasteiger partial charge in [-0.05, 0) is 11.1 Å². The van der Waals surface area contributed by atoms with E-state index in [9.17, 15) is 9.59 Å². The topological polar surface area (TPSA) is 66.8 Å². The van der Waals surface area contributed by atoms with Crippen LogP contribution < -0.4 is 0 Å². The van der Waals surface area contributed by atoms with Gasteiger partial charge in [-0.25, -0.2) is 0 Å². The maximum absolute atomic E-state index is 12.5. The monoisotopic (exact) mass is 323 g/mol. The third-order valence-electron chi connectivity index (χ3n) is 3.62. The molecule has 0 bridgehead atoms. The van der Waals surface area contributed by atoms with Crippen molar-refractivity contribution in [2.24, 2.45) is 0 Å². The predicted molar refractivity (Wildman–Crippen MR) is 85.9 cm³/mol. The summed E-state index contributed by atoms with van der Waals surface area (Å²) in [6, 6.07) is 7.56. The molecule has 1 aromatic rings. The number of hydrogen-bond acceptors (Lipinski definition) is 4. The molecule has 22 heavy (non-hydrogen) atoms. The van der Waals surface area contributed by atoms with Crippen LogP contribution in [0.15, 0.2) is 24.3 Å². The molecule has 2 rings (SSSR count). The van der Waals surface area contributed by atoms with Gasteiger partial charge in [-0.2, -0.15) is 11.8 Å². The van der Waals surface area contributed by atoms with Gasteiger partial charge >= 0.3 is 5.97 Å². The van der Waals surface area contributed by atoms with Gasteiger partial charge in [0.2, 0.25) is 5.91 Å². The molecule has 1 aliphatic rings. The first-order chi connectivity index (χ1) is 10.6. The van der Waals surface area contributed by atoms with Crippen LogP contribution in [0.3, 0.4) is 0 Å². The van der Waals surface area contributed by atoms with Gasteiger partial charge < -0.3 is 14.7 Å². The minimum Gasteiger partial charge on any atom is -0.481 e. The minimum atomic E-state index is -0.854. The lowest BCUT2D eigenvalue weighted by atomic mass is 10.1. The average Bonchev–Trinajstić information content (AvgIpc) is 2.48. The Kier molecular flexibility index (Phi) is 6.27. The van der Waals surface area contributed by atoms with Crippen molar-refractivity contribution in [3.05, 3.63) is 35.4 Å². The summed E-state index contributed by atoms with van der Waals surface area (Å²) in [6.45, 7) is 1.14. The molecule has 1 unspecified atom stereocenters. The lowest BCUT2D eigenvalue weighted by molar-refractivity contribution is -0.140. The van der Waals surface area contributed by atoms with Crippen LogP contribution >= 0.6 is 11.8 Å². The molecule has 1 saturated heterocycles. The van der Waals surface area contributed by atoms with Crippen LogP contribution in [0.25, 0.3) is 0 Å². The van der Waals surface area contributed by atoms with E-state index in [0.717, 1.165) is 16.9 Å². The van der Waals surface area contributed by atoms with E-state index in [-0.39, 0.29) is 18.4 Å². The van der Waals surface area contributed by atoms with Gasteiger partial charge in [0.25, 0.3) is 0 Å². The number of hydrogen-bond donors (Lipinski definition) is 1. The van der Waals surface area contributed by atoms with Gasteiger partial charge in [-0.3, -0.25) is 9.59 Å². The van der Waals surface area contributed by atoms with Crippen LogP contribution in [0.4, 0.5) is 0 Å². The van der Waals surface area contributed by atoms with Crippen molar-refractivity contribution >= 4 is 23.6 Å². The van der Waals surface area contributed by atoms with Crippen molar-refractivity contribution in [2.75, 3.05) is 25.2 Å². The smallest absolute Gasteiger partial charge is 0.305 e. The van der Waals surface area contributed by atoms with Crippen LogP contribution in [0.5, 0.6) is 0 Å². The number of nitrogens with zero attached hydrogens (tertiary/aromatic N) is 1. The normalized spacial score (nSPS) is 18.2. The van der Waals surface area contributed by atoms with Crippen LogP contribution in [-0.2, 0) is 27.4 Å². The van der Waals surface area contributed by atoms with Gasteiger partial charge in [-0.1, -0.05) is 24.3 Å². The van der Waals surface area contributed by atoms with E-state index < -0.39 is 5.97 Å². The summed E-state index contributed by atoms with van der Waals surface area (Å²) in [5, 5.41) is 8.99. The van der Waals surface area contributed by atoms with Crippen LogP contribution in [-0.4, -0.2) is 53.1 Å². The molecule has 0 aromatic heterocycles. The third kappa shape index (κ3) is 4.74. The summed E-state index contributed by atoms with van der Waals surface area (Å²) in [4.78, 5) is 25.2. The Balaban J connectivity index is 2.03. The quantitative estimate of drug-likeness (QED) is 0.864. The number of rotatable bonds is 6. The van der Waals surface area contributed by atoms with Gasteiger partial charge in [0.1, 0.15) is 0 Å². The molecule has 0 aliphatic carbocycles. The summed E-state index contributed by atoms with van der Waals surface area (Å²) in [5.41, 5.74) is 1.97. The number of ether oxygens (including phenoxy) is 1. The van der Waals surface area contributed by atoms with E-state index >= 15 is 0 Å². The first-order valence-electron chi connectivity index (χ1n) is 7.26. The number of carboxylic acid groups (broad SMARTS) is 1. The second-order valence-corrected chi connectivity index (χ2v) is 6.49. The van der Waals surface area contributed by atoms with E-state index in [1.165, 1.54) is 0 Å². The number of thioether (sulfide) groups is 1. The highest BCUT2D eigenvalue weighted by Gasteiger charge is 2.28. The number of aliphatic carboxylic acids is 1. The molecular formula is C16H21NO4S. The largest absolute Gasteiger partial charge is 0.481 e. The van der Waals surface area contributed by atoms with Crippen molar-refractivity contribution in [2.45, 2.75) is 25.5 Å². The molecule has 1 amide bonds. The molecule has 0 radical (unpaired) electrons. The SMILES string of the molecule is COCc1cccc(CC(=O)N2CCSCC2CC(=O)O)c1. The summed E-state index contributed by atoms with van der Waals surface area (Å²) >= 11 is 1.71. The molecule has 1 atom stereocenters. The molecule has 5 nitrogen and oxygen atoms in total. The van der Waals surface area contributed by atoms with Crippen molar-refractivity contribution in [1.82, 2.24) is 4.90 Å². The zero-order valence-electron chi connectivity index (χ0n) is 12.7. The molecule has 1 fully saturated rings. The Morgan fingerprint density at radius 3 is 2.91 bits per heavy atom. The second kappa shape index (κ2) is 8.19. The molecule has 1 aliphatic heterocycles. The zero-order chi connectivity index (χ0) is 15.9. The van der Waals surface area contributed by atoms with Crippen molar-refractivity contribution in [1.29, 1.82) is 0 Å². The fourth-order valence-corrected chi connectivity index (χ4v) is 3.69.